The van der Waals surface area contributed by atoms with Crippen molar-refractivity contribution in [3.63, 3.8) is 0 Å². The highest BCUT2D eigenvalue weighted by Crippen LogP contribution is 2.41. The summed E-state index contributed by atoms with van der Waals surface area (Å²) in [6.45, 7) is 0.617. The van der Waals surface area contributed by atoms with Crippen molar-refractivity contribution < 1.29 is 19.4 Å². The second kappa shape index (κ2) is 6.45. The van der Waals surface area contributed by atoms with E-state index in [1.807, 2.05) is 0 Å². The van der Waals surface area contributed by atoms with Crippen LogP contribution in [0.15, 0.2) is 36.7 Å². The first-order chi connectivity index (χ1) is 11.6. The number of aryl methyl sites for hydroxylation is 1. The molecule has 24 heavy (non-hydrogen) atoms. The number of carbonyl (C=O) groups is 2. The van der Waals surface area contributed by atoms with Gasteiger partial charge in [-0.15, -0.1) is 0 Å². The molecule has 0 spiro atoms. The van der Waals surface area contributed by atoms with E-state index in [4.69, 9.17) is 4.74 Å². The molecule has 0 bridgehead atoms. The first-order valence-electron chi connectivity index (χ1n) is 7.65. The van der Waals surface area contributed by atoms with Gasteiger partial charge in [0.15, 0.2) is 0 Å². The van der Waals surface area contributed by atoms with Crippen LogP contribution >= 0.6 is 0 Å². The van der Waals surface area contributed by atoms with Gasteiger partial charge in [-0.3, -0.25) is 9.59 Å². The molecule has 0 aliphatic carbocycles. The number of methoxy groups -OCH3 is 1. The van der Waals surface area contributed by atoms with Crippen molar-refractivity contribution in [3.05, 3.63) is 53.6 Å². The predicted octanol–water partition coefficient (Wildman–Crippen LogP) is 1.43. The van der Waals surface area contributed by atoms with E-state index >= 15 is 0 Å². The summed E-state index contributed by atoms with van der Waals surface area (Å²) in [7, 11) is 3.34. The topological polar surface area (TPSA) is 84.7 Å². The fraction of sp³-hybridized carbons (Fsp3) is 0.353. The number of carboxylic acids is 1. The summed E-state index contributed by atoms with van der Waals surface area (Å²) < 4.78 is 6.86. The number of hydrogen-bond donors (Lipinski definition) is 1. The number of aliphatic carboxylic acids is 1. The van der Waals surface area contributed by atoms with Gasteiger partial charge in [0.25, 0.3) is 5.91 Å². The van der Waals surface area contributed by atoms with Gasteiger partial charge < -0.3 is 19.3 Å². The van der Waals surface area contributed by atoms with Crippen LogP contribution in [0.1, 0.15) is 33.7 Å². The number of benzene rings is 1. The van der Waals surface area contributed by atoms with E-state index in [-0.39, 0.29) is 5.91 Å². The third kappa shape index (κ3) is 2.56. The molecule has 1 aromatic carbocycles. The maximum atomic E-state index is 12.9. The zero-order valence-electron chi connectivity index (χ0n) is 13.5. The molecule has 1 aromatic heterocycles. The molecule has 1 aliphatic rings. The lowest BCUT2D eigenvalue weighted by atomic mass is 9.82. The van der Waals surface area contributed by atoms with Crippen LogP contribution in [0.4, 0.5) is 0 Å². The SMILES string of the molecule is COCCN1C(=O)c2ccccc2[C@@H](C(=O)O)[C@@H]1c1nccn1C. The molecule has 0 radical (unpaired) electrons. The van der Waals surface area contributed by atoms with E-state index in [0.717, 1.165) is 0 Å². The number of nitrogens with zero attached hydrogens (tertiary/aromatic N) is 3. The van der Waals surface area contributed by atoms with Crippen molar-refractivity contribution in [1.29, 1.82) is 0 Å². The highest BCUT2D eigenvalue weighted by Gasteiger charge is 2.45. The lowest BCUT2D eigenvalue weighted by molar-refractivity contribution is -0.140. The van der Waals surface area contributed by atoms with E-state index in [1.165, 1.54) is 0 Å². The zero-order valence-corrected chi connectivity index (χ0v) is 13.5. The van der Waals surface area contributed by atoms with Crippen molar-refractivity contribution >= 4 is 11.9 Å². The summed E-state index contributed by atoms with van der Waals surface area (Å²) in [5.41, 5.74) is 0.947. The quantitative estimate of drug-likeness (QED) is 0.897. The second-order valence-corrected chi connectivity index (χ2v) is 5.74. The summed E-state index contributed by atoms with van der Waals surface area (Å²) in [5, 5.41) is 9.87. The van der Waals surface area contributed by atoms with Gasteiger partial charge in [0.1, 0.15) is 17.8 Å². The summed E-state index contributed by atoms with van der Waals surface area (Å²) >= 11 is 0. The number of aromatic nitrogens is 2. The monoisotopic (exact) mass is 329 g/mol. The highest BCUT2D eigenvalue weighted by atomic mass is 16.5. The van der Waals surface area contributed by atoms with E-state index in [9.17, 15) is 14.7 Å². The van der Waals surface area contributed by atoms with Gasteiger partial charge in [-0.25, -0.2) is 4.98 Å². The highest BCUT2D eigenvalue weighted by molar-refractivity contribution is 6.00. The van der Waals surface area contributed by atoms with Crippen molar-refractivity contribution in [2.45, 2.75) is 12.0 Å². The lowest BCUT2D eigenvalue weighted by Crippen LogP contribution is -2.47. The number of fused-ring (bicyclic) bond motifs is 1. The normalized spacial score (nSPS) is 20.1. The standard InChI is InChI=1S/C17H19N3O4/c1-19-8-7-18-15(19)14-13(17(22)23)11-5-3-4-6-12(11)16(21)20(14)9-10-24-2/h3-8,13-14H,9-10H2,1-2H3,(H,22,23)/t13-,14-/m1/s1. The third-order valence-corrected chi connectivity index (χ3v) is 4.36. The molecule has 1 N–H and O–H groups in total. The largest absolute Gasteiger partial charge is 0.481 e. The third-order valence-electron chi connectivity index (χ3n) is 4.36. The molecule has 7 nitrogen and oxygen atoms in total. The molecule has 7 heteroatoms. The van der Waals surface area contributed by atoms with Gasteiger partial charge in [0.2, 0.25) is 0 Å². The van der Waals surface area contributed by atoms with Crippen LogP contribution in [0.3, 0.4) is 0 Å². The van der Waals surface area contributed by atoms with Gasteiger partial charge >= 0.3 is 5.97 Å². The Morgan fingerprint density at radius 1 is 1.38 bits per heavy atom. The smallest absolute Gasteiger partial charge is 0.313 e. The first-order valence-corrected chi connectivity index (χ1v) is 7.65. The van der Waals surface area contributed by atoms with Crippen LogP contribution in [0.2, 0.25) is 0 Å². The molecule has 2 aromatic rings. The maximum absolute atomic E-state index is 12.9. The number of carboxylic acid groups (broad SMARTS) is 1. The van der Waals surface area contributed by atoms with Crippen LogP contribution < -0.4 is 0 Å². The van der Waals surface area contributed by atoms with Gasteiger partial charge in [-0.1, -0.05) is 18.2 Å². The summed E-state index contributed by atoms with van der Waals surface area (Å²) in [6, 6.07) is 6.19. The minimum Gasteiger partial charge on any atom is -0.481 e. The Morgan fingerprint density at radius 3 is 2.75 bits per heavy atom. The number of rotatable bonds is 5. The molecular weight excluding hydrogens is 310 g/mol. The summed E-state index contributed by atoms with van der Waals surface area (Å²) in [6.07, 6.45) is 3.35. The van der Waals surface area contributed by atoms with Gasteiger partial charge in [0.05, 0.1) is 6.61 Å². The van der Waals surface area contributed by atoms with E-state index in [2.05, 4.69) is 4.98 Å². The van der Waals surface area contributed by atoms with E-state index in [1.54, 1.807) is 60.3 Å². The van der Waals surface area contributed by atoms with Crippen LogP contribution in [-0.4, -0.2) is 51.7 Å². The number of imidazole rings is 1. The molecule has 1 aliphatic heterocycles. The zero-order chi connectivity index (χ0) is 17.3. The average molecular weight is 329 g/mol. The lowest BCUT2D eigenvalue weighted by Gasteiger charge is -2.39. The Kier molecular flexibility index (Phi) is 4.35. The summed E-state index contributed by atoms with van der Waals surface area (Å²) in [4.78, 5) is 30.9. The molecular formula is C17H19N3O4. The first kappa shape index (κ1) is 16.2. The van der Waals surface area contributed by atoms with Gasteiger partial charge in [-0.2, -0.15) is 0 Å². The predicted molar refractivity (Wildman–Crippen MR) is 85.7 cm³/mol. The number of ether oxygens (including phenoxy) is 1. The number of carbonyl (C=O) groups excluding carboxylic acids is 1. The molecule has 3 rings (SSSR count). The van der Waals surface area contributed by atoms with Crippen LogP contribution in [0, 0.1) is 0 Å². The Bertz CT molecular complexity index is 771. The Hall–Kier alpha value is -2.67. The Morgan fingerprint density at radius 2 is 2.12 bits per heavy atom. The molecule has 126 valence electrons. The van der Waals surface area contributed by atoms with E-state index < -0.39 is 17.9 Å². The summed E-state index contributed by atoms with van der Waals surface area (Å²) in [5.74, 6) is -1.52. The average Bonchev–Trinajstić information content (AvgIpc) is 2.99. The van der Waals surface area contributed by atoms with E-state index in [0.29, 0.717) is 30.1 Å². The maximum Gasteiger partial charge on any atom is 0.313 e. The molecule has 2 atom stereocenters. The Labute approximate surface area is 139 Å². The van der Waals surface area contributed by atoms with Crippen LogP contribution in [0.25, 0.3) is 0 Å². The van der Waals surface area contributed by atoms with Crippen molar-refractivity contribution in [3.8, 4) is 0 Å². The van der Waals surface area contributed by atoms with Crippen LogP contribution in [0.5, 0.6) is 0 Å². The van der Waals surface area contributed by atoms with Crippen molar-refractivity contribution in [1.82, 2.24) is 14.5 Å². The molecule has 0 unspecified atom stereocenters. The minimum absolute atomic E-state index is 0.201. The minimum atomic E-state index is -0.981. The van der Waals surface area contributed by atoms with Crippen LogP contribution in [-0.2, 0) is 16.6 Å². The van der Waals surface area contributed by atoms with Crippen molar-refractivity contribution in [2.24, 2.45) is 7.05 Å². The second-order valence-electron chi connectivity index (χ2n) is 5.74. The van der Waals surface area contributed by atoms with Gasteiger partial charge in [0, 0.05) is 38.7 Å². The molecule has 0 saturated carbocycles. The number of amides is 1. The Balaban J connectivity index is 2.18. The molecule has 0 saturated heterocycles. The molecule has 1 amide bonds. The number of hydrogen-bond acceptors (Lipinski definition) is 4. The fourth-order valence-electron chi connectivity index (χ4n) is 3.24. The molecule has 0 fully saturated rings. The van der Waals surface area contributed by atoms with Crippen molar-refractivity contribution in [2.75, 3.05) is 20.3 Å². The molecule has 2 heterocycles. The van der Waals surface area contributed by atoms with Gasteiger partial charge in [-0.05, 0) is 11.6 Å². The fourth-order valence-corrected chi connectivity index (χ4v) is 3.24.